The first-order chi connectivity index (χ1) is 7.81. The molecule has 0 aliphatic heterocycles. The molecule has 0 bridgehead atoms. The van der Waals surface area contributed by atoms with Gasteiger partial charge < -0.3 is 4.84 Å². The molecular formula is C11H6N4O. The Labute approximate surface area is 91.7 Å². The van der Waals surface area contributed by atoms with Crippen molar-refractivity contribution in [3.05, 3.63) is 47.8 Å². The summed E-state index contributed by atoms with van der Waals surface area (Å²) in [6.45, 7) is 0. The van der Waals surface area contributed by atoms with Crippen LogP contribution in [0.3, 0.4) is 0 Å². The minimum absolute atomic E-state index is 0.376. The van der Waals surface area contributed by atoms with Crippen LogP contribution in [0.25, 0.3) is 0 Å². The lowest BCUT2D eigenvalue weighted by Gasteiger charge is -2.04. The van der Waals surface area contributed by atoms with Crippen LogP contribution in [-0.2, 0) is 0 Å². The summed E-state index contributed by atoms with van der Waals surface area (Å²) in [6, 6.07) is 10.2. The van der Waals surface area contributed by atoms with Gasteiger partial charge in [0.25, 0.3) is 0 Å². The number of hydrogen-bond donors (Lipinski definition) is 0. The predicted molar refractivity (Wildman–Crippen MR) is 54.1 cm³/mol. The summed E-state index contributed by atoms with van der Waals surface area (Å²) in [6.07, 6.45) is 3.18. The van der Waals surface area contributed by atoms with Gasteiger partial charge in [-0.25, -0.2) is 0 Å². The zero-order chi connectivity index (χ0) is 11.4. The van der Waals surface area contributed by atoms with Crippen molar-refractivity contribution in [2.45, 2.75) is 0 Å². The maximum atomic E-state index is 8.77. The molecule has 5 nitrogen and oxygen atoms in total. The van der Waals surface area contributed by atoms with Crippen molar-refractivity contribution >= 4 is 0 Å². The van der Waals surface area contributed by atoms with Crippen molar-refractivity contribution in [2.75, 3.05) is 0 Å². The zero-order valence-electron chi connectivity index (χ0n) is 8.16. The maximum Gasteiger partial charge on any atom is 0.160 e. The number of benzene rings is 1. The van der Waals surface area contributed by atoms with E-state index in [4.69, 9.17) is 15.4 Å². The minimum atomic E-state index is 0.376. The second-order valence-electron chi connectivity index (χ2n) is 2.97. The Kier molecular flexibility index (Phi) is 2.53. The standard InChI is InChI=1S/C11H6N4O/c12-7-9-4-10(8-13)6-11(5-9)16-15-3-1-2-14-15/h1-6H. The Morgan fingerprint density at radius 1 is 1.12 bits per heavy atom. The van der Waals surface area contributed by atoms with Gasteiger partial charge in [-0.15, -0.1) is 9.94 Å². The monoisotopic (exact) mass is 210 g/mol. The highest BCUT2D eigenvalue weighted by atomic mass is 16.7. The fourth-order valence-electron chi connectivity index (χ4n) is 1.20. The Bertz CT molecular complexity index is 543. The van der Waals surface area contributed by atoms with Gasteiger partial charge in [-0.2, -0.15) is 10.5 Å². The summed E-state index contributed by atoms with van der Waals surface area (Å²) >= 11 is 0. The Balaban J connectivity index is 2.35. The summed E-state index contributed by atoms with van der Waals surface area (Å²) in [4.78, 5) is 6.55. The molecule has 76 valence electrons. The van der Waals surface area contributed by atoms with Gasteiger partial charge in [0.2, 0.25) is 0 Å². The molecule has 1 aromatic carbocycles. The summed E-state index contributed by atoms with van der Waals surface area (Å²) in [5.41, 5.74) is 0.752. The van der Waals surface area contributed by atoms with E-state index in [1.807, 2.05) is 12.1 Å². The smallest absolute Gasteiger partial charge is 0.160 e. The molecule has 1 heterocycles. The number of aromatic nitrogens is 2. The first kappa shape index (κ1) is 9.75. The van der Waals surface area contributed by atoms with Crippen LogP contribution in [0.2, 0.25) is 0 Å². The van der Waals surface area contributed by atoms with Crippen molar-refractivity contribution in [1.29, 1.82) is 10.5 Å². The third-order valence-corrected chi connectivity index (χ3v) is 1.84. The van der Waals surface area contributed by atoms with Gasteiger partial charge in [0.1, 0.15) is 0 Å². The zero-order valence-corrected chi connectivity index (χ0v) is 8.16. The van der Waals surface area contributed by atoms with E-state index in [1.54, 1.807) is 30.6 Å². The molecule has 1 aromatic heterocycles. The van der Waals surface area contributed by atoms with Crippen molar-refractivity contribution < 1.29 is 4.84 Å². The summed E-state index contributed by atoms with van der Waals surface area (Å²) in [5.74, 6) is 0.402. The van der Waals surface area contributed by atoms with Crippen molar-refractivity contribution in [3.8, 4) is 17.9 Å². The quantitative estimate of drug-likeness (QED) is 0.752. The lowest BCUT2D eigenvalue weighted by molar-refractivity contribution is 0.179. The molecule has 0 aliphatic carbocycles. The van der Waals surface area contributed by atoms with Crippen LogP contribution in [-0.4, -0.2) is 9.94 Å². The number of rotatable bonds is 2. The molecule has 0 spiro atoms. The fourth-order valence-corrected chi connectivity index (χ4v) is 1.20. The van der Waals surface area contributed by atoms with E-state index in [2.05, 4.69) is 5.10 Å². The van der Waals surface area contributed by atoms with E-state index in [9.17, 15) is 0 Å². The lowest BCUT2D eigenvalue weighted by Crippen LogP contribution is -2.05. The fraction of sp³-hybridized carbons (Fsp3) is 0. The molecule has 0 saturated carbocycles. The van der Waals surface area contributed by atoms with E-state index >= 15 is 0 Å². The molecule has 0 fully saturated rings. The molecule has 2 aromatic rings. The van der Waals surface area contributed by atoms with Crippen molar-refractivity contribution in [3.63, 3.8) is 0 Å². The molecule has 5 heteroatoms. The highest BCUT2D eigenvalue weighted by Gasteiger charge is 2.02. The average Bonchev–Trinajstić information content (AvgIpc) is 2.81. The van der Waals surface area contributed by atoms with E-state index in [0.29, 0.717) is 16.9 Å². The molecule has 16 heavy (non-hydrogen) atoms. The Morgan fingerprint density at radius 3 is 2.31 bits per heavy atom. The van der Waals surface area contributed by atoms with Crippen molar-refractivity contribution in [2.24, 2.45) is 0 Å². The average molecular weight is 210 g/mol. The summed E-state index contributed by atoms with van der Waals surface area (Å²) < 4.78 is 0. The van der Waals surface area contributed by atoms with Crippen LogP contribution in [0.15, 0.2) is 36.7 Å². The van der Waals surface area contributed by atoms with Gasteiger partial charge in [0, 0.05) is 12.1 Å². The SMILES string of the molecule is N#Cc1cc(C#N)cc(On2cccn2)c1. The second kappa shape index (κ2) is 4.16. The number of nitriles is 2. The van der Waals surface area contributed by atoms with E-state index in [-0.39, 0.29) is 0 Å². The molecule has 0 aliphatic rings. The first-order valence-electron chi connectivity index (χ1n) is 4.45. The predicted octanol–water partition coefficient (Wildman–Crippen LogP) is 1.47. The van der Waals surface area contributed by atoms with Crippen LogP contribution in [0.4, 0.5) is 0 Å². The topological polar surface area (TPSA) is 74.6 Å². The van der Waals surface area contributed by atoms with E-state index < -0.39 is 0 Å². The second-order valence-corrected chi connectivity index (χ2v) is 2.97. The van der Waals surface area contributed by atoms with Gasteiger partial charge in [0.15, 0.2) is 5.75 Å². The molecule has 0 atom stereocenters. The largest absolute Gasteiger partial charge is 0.358 e. The molecule has 0 saturated heterocycles. The normalized spacial score (nSPS) is 9.12. The molecule has 0 amide bonds. The minimum Gasteiger partial charge on any atom is -0.358 e. The number of nitrogens with zero attached hydrogens (tertiary/aromatic N) is 4. The third kappa shape index (κ3) is 1.99. The maximum absolute atomic E-state index is 8.77. The number of hydrogen-bond acceptors (Lipinski definition) is 4. The van der Waals surface area contributed by atoms with Crippen LogP contribution in [0.1, 0.15) is 11.1 Å². The van der Waals surface area contributed by atoms with Gasteiger partial charge >= 0.3 is 0 Å². The molecule has 2 rings (SSSR count). The third-order valence-electron chi connectivity index (χ3n) is 1.84. The summed E-state index contributed by atoms with van der Waals surface area (Å²) in [7, 11) is 0. The van der Waals surface area contributed by atoms with Crippen LogP contribution < -0.4 is 4.84 Å². The molecule has 0 N–H and O–H groups in total. The van der Waals surface area contributed by atoms with Crippen LogP contribution >= 0.6 is 0 Å². The van der Waals surface area contributed by atoms with E-state index in [1.165, 1.54) is 10.9 Å². The molecule has 0 unspecified atom stereocenters. The highest BCUT2D eigenvalue weighted by molar-refractivity contribution is 5.45. The van der Waals surface area contributed by atoms with Crippen molar-refractivity contribution in [1.82, 2.24) is 9.94 Å². The van der Waals surface area contributed by atoms with Crippen LogP contribution in [0, 0.1) is 22.7 Å². The lowest BCUT2D eigenvalue weighted by atomic mass is 10.1. The van der Waals surface area contributed by atoms with Crippen LogP contribution in [0.5, 0.6) is 5.75 Å². The Hall–Kier alpha value is -2.79. The van der Waals surface area contributed by atoms with Gasteiger partial charge in [-0.05, 0) is 12.1 Å². The Morgan fingerprint density at radius 2 is 1.81 bits per heavy atom. The first-order valence-corrected chi connectivity index (χ1v) is 4.45. The van der Waals surface area contributed by atoms with Gasteiger partial charge in [0.05, 0.1) is 35.7 Å². The molecule has 0 radical (unpaired) electrons. The highest BCUT2D eigenvalue weighted by Crippen LogP contribution is 2.16. The van der Waals surface area contributed by atoms with Gasteiger partial charge in [-0.3, -0.25) is 0 Å². The summed E-state index contributed by atoms with van der Waals surface area (Å²) in [5, 5.41) is 21.4. The van der Waals surface area contributed by atoms with E-state index in [0.717, 1.165) is 0 Å². The van der Waals surface area contributed by atoms with Gasteiger partial charge in [-0.1, -0.05) is 0 Å². The molecular weight excluding hydrogens is 204 g/mol.